The van der Waals surface area contributed by atoms with Crippen molar-refractivity contribution >= 4 is 33.8 Å². The molecule has 0 fully saturated rings. The van der Waals surface area contributed by atoms with Crippen molar-refractivity contribution in [2.24, 2.45) is 11.3 Å². The number of nitrogens with one attached hydrogen (secondary N) is 2. The van der Waals surface area contributed by atoms with E-state index in [9.17, 15) is 9.59 Å². The number of amides is 2. The Morgan fingerprint density at radius 2 is 1.86 bits per heavy atom. The first-order valence-electron chi connectivity index (χ1n) is 10.2. The third kappa shape index (κ3) is 4.99. The SMILES string of the molecule is CCOc1ccc(NC(=O)c2c(NC(C)=O)sc3c2CC[C@H](C(C)(C)C)C3)cc1. The molecule has 2 amide bonds. The maximum atomic E-state index is 13.2. The molecule has 1 atom stereocenters. The van der Waals surface area contributed by atoms with Crippen molar-refractivity contribution in [1.29, 1.82) is 0 Å². The van der Waals surface area contributed by atoms with Crippen LogP contribution < -0.4 is 15.4 Å². The van der Waals surface area contributed by atoms with Gasteiger partial charge in [0.05, 0.1) is 12.2 Å². The largest absolute Gasteiger partial charge is 0.494 e. The Labute approximate surface area is 176 Å². The maximum absolute atomic E-state index is 13.2. The van der Waals surface area contributed by atoms with Gasteiger partial charge in [0.25, 0.3) is 5.91 Å². The molecule has 6 heteroatoms. The van der Waals surface area contributed by atoms with E-state index in [1.807, 2.05) is 31.2 Å². The summed E-state index contributed by atoms with van der Waals surface area (Å²) in [5.74, 6) is 1.00. The first-order valence-corrected chi connectivity index (χ1v) is 11.0. The van der Waals surface area contributed by atoms with E-state index in [4.69, 9.17) is 4.74 Å². The highest BCUT2D eigenvalue weighted by atomic mass is 32.1. The lowest BCUT2D eigenvalue weighted by atomic mass is 9.72. The Hall–Kier alpha value is -2.34. The minimum Gasteiger partial charge on any atom is -0.494 e. The van der Waals surface area contributed by atoms with Gasteiger partial charge in [-0.25, -0.2) is 0 Å². The normalized spacial score (nSPS) is 16.1. The molecule has 2 aromatic rings. The van der Waals surface area contributed by atoms with Crippen molar-refractivity contribution in [2.75, 3.05) is 17.2 Å². The predicted octanol–water partition coefficient (Wildman–Crippen LogP) is 5.51. The van der Waals surface area contributed by atoms with Crippen molar-refractivity contribution in [1.82, 2.24) is 0 Å². The fourth-order valence-electron chi connectivity index (χ4n) is 3.81. The summed E-state index contributed by atoms with van der Waals surface area (Å²) in [6.07, 6.45) is 2.86. The van der Waals surface area contributed by atoms with Gasteiger partial charge in [-0.3, -0.25) is 9.59 Å². The molecule has 0 bridgehead atoms. The van der Waals surface area contributed by atoms with Crippen molar-refractivity contribution in [3.8, 4) is 5.75 Å². The molecule has 0 aliphatic heterocycles. The van der Waals surface area contributed by atoms with Crippen molar-refractivity contribution in [2.45, 2.75) is 53.9 Å². The number of hydrogen-bond donors (Lipinski definition) is 2. The van der Waals surface area contributed by atoms with Gasteiger partial charge in [0, 0.05) is 17.5 Å². The first-order chi connectivity index (χ1) is 13.7. The first kappa shape index (κ1) is 21.4. The number of thiophene rings is 1. The number of fused-ring (bicyclic) bond motifs is 1. The zero-order valence-corrected chi connectivity index (χ0v) is 18.7. The van der Waals surface area contributed by atoms with Gasteiger partial charge < -0.3 is 15.4 Å². The van der Waals surface area contributed by atoms with Crippen molar-refractivity contribution in [3.05, 3.63) is 40.3 Å². The summed E-state index contributed by atoms with van der Waals surface area (Å²) in [7, 11) is 0. The van der Waals surface area contributed by atoms with Crippen LogP contribution in [0.4, 0.5) is 10.7 Å². The lowest BCUT2D eigenvalue weighted by Crippen LogP contribution is -2.27. The van der Waals surface area contributed by atoms with E-state index in [-0.39, 0.29) is 17.2 Å². The zero-order valence-electron chi connectivity index (χ0n) is 17.8. The molecule has 1 aliphatic carbocycles. The Kier molecular flexibility index (Phi) is 6.32. The molecule has 156 valence electrons. The summed E-state index contributed by atoms with van der Waals surface area (Å²) >= 11 is 1.55. The maximum Gasteiger partial charge on any atom is 0.258 e. The van der Waals surface area contributed by atoms with Gasteiger partial charge in [0.2, 0.25) is 5.91 Å². The number of benzene rings is 1. The molecule has 1 aromatic carbocycles. The number of carbonyl (C=O) groups is 2. The second-order valence-corrected chi connectivity index (χ2v) is 9.71. The predicted molar refractivity (Wildman–Crippen MR) is 119 cm³/mol. The Bertz CT molecular complexity index is 894. The molecule has 1 aliphatic rings. The molecule has 0 radical (unpaired) electrons. The summed E-state index contributed by atoms with van der Waals surface area (Å²) in [5, 5.41) is 6.51. The van der Waals surface area contributed by atoms with E-state index >= 15 is 0 Å². The van der Waals surface area contributed by atoms with Crippen molar-refractivity contribution < 1.29 is 14.3 Å². The number of carbonyl (C=O) groups excluding carboxylic acids is 2. The standard InChI is InChI=1S/C23H30N2O3S/c1-6-28-17-10-8-16(9-11-17)25-21(27)20-18-12-7-15(23(3,4)5)13-19(18)29-22(20)24-14(2)26/h8-11,15H,6-7,12-13H2,1-5H3,(H,24,26)(H,25,27)/t15-/m0/s1. The summed E-state index contributed by atoms with van der Waals surface area (Å²) < 4.78 is 5.45. The van der Waals surface area contributed by atoms with Gasteiger partial charge in [-0.2, -0.15) is 0 Å². The van der Waals surface area contributed by atoms with Crippen LogP contribution in [0.5, 0.6) is 5.75 Å². The van der Waals surface area contributed by atoms with Gasteiger partial charge in [-0.1, -0.05) is 20.8 Å². The highest BCUT2D eigenvalue weighted by molar-refractivity contribution is 7.17. The number of hydrogen-bond acceptors (Lipinski definition) is 4. The van der Waals surface area contributed by atoms with Gasteiger partial charge in [-0.15, -0.1) is 11.3 Å². The molecule has 29 heavy (non-hydrogen) atoms. The fraction of sp³-hybridized carbons (Fsp3) is 0.478. The summed E-state index contributed by atoms with van der Waals surface area (Å²) in [6.45, 7) is 10.8. The number of ether oxygens (including phenoxy) is 1. The Morgan fingerprint density at radius 1 is 1.17 bits per heavy atom. The van der Waals surface area contributed by atoms with E-state index in [0.717, 1.165) is 30.6 Å². The van der Waals surface area contributed by atoms with Gasteiger partial charge in [-0.05, 0) is 67.3 Å². The molecule has 0 saturated carbocycles. The third-order valence-corrected chi connectivity index (χ3v) is 6.60. The van der Waals surface area contributed by atoms with Crippen LogP contribution in [0.15, 0.2) is 24.3 Å². The zero-order chi connectivity index (χ0) is 21.2. The molecule has 1 aromatic heterocycles. The molecular weight excluding hydrogens is 384 g/mol. The molecule has 5 nitrogen and oxygen atoms in total. The van der Waals surface area contributed by atoms with E-state index in [0.29, 0.717) is 28.8 Å². The van der Waals surface area contributed by atoms with Crippen LogP contribution >= 0.6 is 11.3 Å². The lowest BCUT2D eigenvalue weighted by Gasteiger charge is -2.33. The average molecular weight is 415 g/mol. The Balaban J connectivity index is 1.88. The van der Waals surface area contributed by atoms with E-state index in [2.05, 4.69) is 31.4 Å². The summed E-state index contributed by atoms with van der Waals surface area (Å²) in [6, 6.07) is 7.33. The van der Waals surface area contributed by atoms with Crippen LogP contribution in [0.25, 0.3) is 0 Å². The van der Waals surface area contributed by atoms with E-state index in [1.165, 1.54) is 11.8 Å². The van der Waals surface area contributed by atoms with Crippen LogP contribution in [-0.2, 0) is 17.6 Å². The molecule has 0 saturated heterocycles. The third-order valence-electron chi connectivity index (χ3n) is 5.43. The van der Waals surface area contributed by atoms with Gasteiger partial charge >= 0.3 is 0 Å². The second kappa shape index (κ2) is 8.57. The van der Waals surface area contributed by atoms with Crippen LogP contribution in [0.2, 0.25) is 0 Å². The topological polar surface area (TPSA) is 67.4 Å². The second-order valence-electron chi connectivity index (χ2n) is 8.61. The minimum atomic E-state index is -0.176. The average Bonchev–Trinajstić information content (AvgIpc) is 2.99. The van der Waals surface area contributed by atoms with Crippen LogP contribution in [0.3, 0.4) is 0 Å². The molecular formula is C23H30N2O3S. The Morgan fingerprint density at radius 3 is 2.45 bits per heavy atom. The van der Waals surface area contributed by atoms with Crippen LogP contribution in [0.1, 0.15) is 61.8 Å². The van der Waals surface area contributed by atoms with E-state index in [1.54, 1.807) is 11.3 Å². The van der Waals surface area contributed by atoms with E-state index < -0.39 is 0 Å². The molecule has 0 unspecified atom stereocenters. The molecule has 1 heterocycles. The quantitative estimate of drug-likeness (QED) is 0.678. The van der Waals surface area contributed by atoms with Crippen molar-refractivity contribution in [3.63, 3.8) is 0 Å². The van der Waals surface area contributed by atoms with Crippen LogP contribution in [-0.4, -0.2) is 18.4 Å². The molecule has 2 N–H and O–H groups in total. The van der Waals surface area contributed by atoms with Gasteiger partial charge in [0.1, 0.15) is 10.8 Å². The summed E-state index contributed by atoms with van der Waals surface area (Å²) in [4.78, 5) is 26.1. The fourth-order valence-corrected chi connectivity index (χ4v) is 5.18. The number of anilines is 2. The minimum absolute atomic E-state index is 0.161. The molecule has 0 spiro atoms. The summed E-state index contributed by atoms with van der Waals surface area (Å²) in [5.41, 5.74) is 2.63. The van der Waals surface area contributed by atoms with Gasteiger partial charge in [0.15, 0.2) is 0 Å². The smallest absolute Gasteiger partial charge is 0.258 e. The molecule has 3 rings (SSSR count). The monoisotopic (exact) mass is 414 g/mol. The highest BCUT2D eigenvalue weighted by Crippen LogP contribution is 2.44. The lowest BCUT2D eigenvalue weighted by molar-refractivity contribution is -0.114. The van der Waals surface area contributed by atoms with Crippen LogP contribution in [0, 0.1) is 11.3 Å². The highest BCUT2D eigenvalue weighted by Gasteiger charge is 2.34. The number of rotatable bonds is 5.